The Morgan fingerprint density at radius 2 is 1.67 bits per heavy atom. The number of rotatable bonds is 5. The van der Waals surface area contributed by atoms with E-state index in [9.17, 15) is 9.59 Å². The summed E-state index contributed by atoms with van der Waals surface area (Å²) in [6.45, 7) is 4.17. The average molecular weight is 483 g/mol. The quantitative estimate of drug-likeness (QED) is 0.360. The van der Waals surface area contributed by atoms with E-state index >= 15 is 0 Å². The van der Waals surface area contributed by atoms with E-state index in [0.717, 1.165) is 29.1 Å². The number of ketones is 1. The molecule has 1 atom stereocenters. The molecule has 36 heavy (non-hydrogen) atoms. The zero-order valence-electron chi connectivity index (χ0n) is 20.8. The van der Waals surface area contributed by atoms with Gasteiger partial charge in [-0.1, -0.05) is 62.4 Å². The zero-order valence-corrected chi connectivity index (χ0v) is 20.8. The summed E-state index contributed by atoms with van der Waals surface area (Å²) in [5.74, 6) is 0.795. The molecule has 3 aromatic rings. The number of Topliss-reactive ketones (excluding diaryl/α,β-unsaturated/α-hetero) is 1. The molecule has 0 amide bonds. The van der Waals surface area contributed by atoms with Crippen LogP contribution in [0.25, 0.3) is 0 Å². The van der Waals surface area contributed by atoms with E-state index in [4.69, 9.17) is 9.47 Å². The van der Waals surface area contributed by atoms with Crippen LogP contribution in [0.5, 0.6) is 11.5 Å². The molecule has 2 aliphatic rings. The number of carbonyl (C=O) groups is 2. The van der Waals surface area contributed by atoms with E-state index in [1.54, 1.807) is 19.2 Å². The fourth-order valence-electron chi connectivity index (χ4n) is 5.23. The van der Waals surface area contributed by atoms with E-state index in [0.29, 0.717) is 23.5 Å². The second-order valence-corrected chi connectivity index (χ2v) is 10.0. The molecule has 184 valence electrons. The van der Waals surface area contributed by atoms with Gasteiger partial charge in [0.25, 0.3) is 0 Å². The van der Waals surface area contributed by atoms with Crippen molar-refractivity contribution in [3.63, 3.8) is 0 Å². The molecule has 1 aliphatic carbocycles. The monoisotopic (exact) mass is 482 g/mol. The van der Waals surface area contributed by atoms with Crippen LogP contribution in [0.4, 0.5) is 11.4 Å². The minimum atomic E-state index is -0.528. The molecule has 0 unspecified atom stereocenters. The molecule has 5 rings (SSSR count). The lowest BCUT2D eigenvalue weighted by molar-refractivity contribution is -0.133. The number of anilines is 2. The van der Waals surface area contributed by atoms with Crippen molar-refractivity contribution in [3.05, 3.63) is 95.7 Å². The van der Waals surface area contributed by atoms with Gasteiger partial charge in [0.2, 0.25) is 0 Å². The van der Waals surface area contributed by atoms with Crippen molar-refractivity contribution >= 4 is 23.1 Å². The van der Waals surface area contributed by atoms with Crippen molar-refractivity contribution < 1.29 is 19.1 Å². The second kappa shape index (κ2) is 9.53. The zero-order chi connectivity index (χ0) is 25.3. The Hall–Kier alpha value is -4.06. The molecule has 0 spiro atoms. The largest absolute Gasteiger partial charge is 0.496 e. The summed E-state index contributed by atoms with van der Waals surface area (Å²) in [5.41, 5.74) is 3.87. The topological polar surface area (TPSA) is 67.9 Å². The summed E-state index contributed by atoms with van der Waals surface area (Å²) in [4.78, 5) is 29.0. The smallest absolute Gasteiger partial charge is 0.330 e. The Morgan fingerprint density at radius 1 is 0.972 bits per heavy atom. The van der Waals surface area contributed by atoms with Gasteiger partial charge < -0.3 is 19.7 Å². The number of benzene rings is 3. The molecular weight excluding hydrogens is 452 g/mol. The minimum Gasteiger partial charge on any atom is -0.496 e. The standard InChI is InChI=1S/C30H30N2O4/c1-30(2)17-23-28(25(33)18-30)29(21-13-7-10-16-26(21)35-3)32(24-15-9-8-14-22(24)31-23)19-27(34)36-20-11-5-4-6-12-20/h4-16,29,31H,17-19H2,1-3H3/t29-/m1/s1. The first-order chi connectivity index (χ1) is 17.4. The third kappa shape index (κ3) is 4.59. The number of allylic oxidation sites excluding steroid dienone is 1. The highest BCUT2D eigenvalue weighted by molar-refractivity contribution is 6.02. The lowest BCUT2D eigenvalue weighted by Crippen LogP contribution is -2.39. The fourth-order valence-corrected chi connectivity index (χ4v) is 5.23. The van der Waals surface area contributed by atoms with Crippen LogP contribution in [0.2, 0.25) is 0 Å². The summed E-state index contributed by atoms with van der Waals surface area (Å²) in [5, 5.41) is 3.56. The highest BCUT2D eigenvalue weighted by Crippen LogP contribution is 2.49. The van der Waals surface area contributed by atoms with Gasteiger partial charge in [-0.25, -0.2) is 4.79 Å². The van der Waals surface area contributed by atoms with E-state index < -0.39 is 12.0 Å². The second-order valence-electron chi connectivity index (χ2n) is 10.0. The molecule has 6 heteroatoms. The number of esters is 1. The number of nitrogens with zero attached hydrogens (tertiary/aromatic N) is 1. The highest BCUT2D eigenvalue weighted by atomic mass is 16.5. The van der Waals surface area contributed by atoms with Gasteiger partial charge in [0.1, 0.15) is 18.0 Å². The highest BCUT2D eigenvalue weighted by Gasteiger charge is 2.42. The summed E-state index contributed by atoms with van der Waals surface area (Å²) in [6, 6.07) is 24.0. The average Bonchev–Trinajstić information content (AvgIpc) is 2.98. The van der Waals surface area contributed by atoms with Crippen LogP contribution >= 0.6 is 0 Å². The van der Waals surface area contributed by atoms with Crippen LogP contribution in [-0.4, -0.2) is 25.4 Å². The van der Waals surface area contributed by atoms with Crippen LogP contribution < -0.4 is 19.7 Å². The molecule has 1 N–H and O–H groups in total. The summed E-state index contributed by atoms with van der Waals surface area (Å²) < 4.78 is 11.4. The third-order valence-electron chi connectivity index (χ3n) is 6.71. The molecule has 0 fully saturated rings. The number of nitrogens with one attached hydrogen (secondary N) is 1. The van der Waals surface area contributed by atoms with Gasteiger partial charge in [-0.2, -0.15) is 0 Å². The molecule has 6 nitrogen and oxygen atoms in total. The fraction of sp³-hybridized carbons (Fsp3) is 0.267. The third-order valence-corrected chi connectivity index (χ3v) is 6.71. The van der Waals surface area contributed by atoms with Crippen LogP contribution in [0.1, 0.15) is 38.3 Å². The maximum Gasteiger partial charge on any atom is 0.330 e. The number of ether oxygens (including phenoxy) is 2. The van der Waals surface area contributed by atoms with Gasteiger partial charge in [-0.15, -0.1) is 0 Å². The SMILES string of the molecule is COc1ccccc1[C@@H]1C2=C(CC(C)(C)CC2=O)Nc2ccccc2N1CC(=O)Oc1ccccc1. The number of fused-ring (bicyclic) bond motifs is 1. The Morgan fingerprint density at radius 3 is 2.44 bits per heavy atom. The van der Waals surface area contributed by atoms with Crippen molar-refractivity contribution in [1.29, 1.82) is 0 Å². The molecule has 0 radical (unpaired) electrons. The molecule has 0 saturated heterocycles. The maximum absolute atomic E-state index is 13.8. The van der Waals surface area contributed by atoms with Gasteiger partial charge in [0.05, 0.1) is 24.5 Å². The number of carbonyl (C=O) groups excluding carboxylic acids is 2. The molecule has 0 saturated carbocycles. The van der Waals surface area contributed by atoms with Crippen LogP contribution in [0, 0.1) is 5.41 Å². The Balaban J connectivity index is 1.67. The van der Waals surface area contributed by atoms with Gasteiger partial charge in [-0.05, 0) is 42.2 Å². The number of para-hydroxylation sites is 4. The molecule has 1 heterocycles. The van der Waals surface area contributed by atoms with E-state index in [1.807, 2.05) is 71.6 Å². The van der Waals surface area contributed by atoms with Gasteiger partial charge in [0.15, 0.2) is 5.78 Å². The van der Waals surface area contributed by atoms with Gasteiger partial charge in [0, 0.05) is 23.3 Å². The molecular formula is C30H30N2O4. The summed E-state index contributed by atoms with van der Waals surface area (Å²) in [7, 11) is 1.62. The normalized spacial score (nSPS) is 18.5. The minimum absolute atomic E-state index is 0.0518. The molecule has 1 aliphatic heterocycles. The van der Waals surface area contributed by atoms with E-state index in [2.05, 4.69) is 19.2 Å². The van der Waals surface area contributed by atoms with Crippen LogP contribution in [0.3, 0.4) is 0 Å². The number of methoxy groups -OCH3 is 1. The first-order valence-corrected chi connectivity index (χ1v) is 12.1. The first kappa shape index (κ1) is 23.7. The Kier molecular flexibility index (Phi) is 6.27. The molecule has 0 aromatic heterocycles. The Labute approximate surface area is 211 Å². The lowest BCUT2D eigenvalue weighted by atomic mass is 9.73. The summed E-state index contributed by atoms with van der Waals surface area (Å²) >= 11 is 0. The summed E-state index contributed by atoms with van der Waals surface area (Å²) in [6.07, 6.45) is 1.15. The lowest BCUT2D eigenvalue weighted by Gasteiger charge is -2.38. The predicted molar refractivity (Wildman–Crippen MR) is 140 cm³/mol. The predicted octanol–water partition coefficient (Wildman–Crippen LogP) is 5.92. The van der Waals surface area contributed by atoms with Crippen LogP contribution in [0.15, 0.2) is 90.1 Å². The molecule has 0 bridgehead atoms. The number of hydrogen-bond acceptors (Lipinski definition) is 6. The van der Waals surface area contributed by atoms with Crippen molar-refractivity contribution in [2.75, 3.05) is 23.9 Å². The first-order valence-electron chi connectivity index (χ1n) is 12.1. The van der Waals surface area contributed by atoms with Gasteiger partial charge >= 0.3 is 5.97 Å². The Bertz CT molecular complexity index is 1330. The van der Waals surface area contributed by atoms with Crippen molar-refractivity contribution in [2.24, 2.45) is 5.41 Å². The number of hydrogen-bond donors (Lipinski definition) is 1. The van der Waals surface area contributed by atoms with Crippen LogP contribution in [-0.2, 0) is 9.59 Å². The van der Waals surface area contributed by atoms with Crippen molar-refractivity contribution in [1.82, 2.24) is 0 Å². The molecule has 3 aromatic carbocycles. The van der Waals surface area contributed by atoms with Crippen molar-refractivity contribution in [2.45, 2.75) is 32.7 Å². The van der Waals surface area contributed by atoms with E-state index in [-0.39, 0.29) is 17.7 Å². The van der Waals surface area contributed by atoms with E-state index in [1.165, 1.54) is 0 Å². The van der Waals surface area contributed by atoms with Gasteiger partial charge in [-0.3, -0.25) is 4.79 Å². The maximum atomic E-state index is 13.8. The van der Waals surface area contributed by atoms with Crippen molar-refractivity contribution in [3.8, 4) is 11.5 Å².